The lowest BCUT2D eigenvalue weighted by molar-refractivity contribution is 0.900. The van der Waals surface area contributed by atoms with Crippen LogP contribution in [0.1, 0.15) is 22.6 Å². The molecule has 0 atom stereocenters. The van der Waals surface area contributed by atoms with Crippen LogP contribution in [0.3, 0.4) is 0 Å². The molecular weight excluding hydrogens is 298 g/mol. The van der Waals surface area contributed by atoms with Crippen LogP contribution in [0.15, 0.2) is 16.7 Å². The van der Waals surface area contributed by atoms with Crippen LogP contribution < -0.4 is 5.32 Å². The molecule has 88 valence electrons. The summed E-state index contributed by atoms with van der Waals surface area (Å²) in [5.74, 6) is 0.845. The molecule has 3 nitrogen and oxygen atoms in total. The lowest BCUT2D eigenvalue weighted by Gasteiger charge is -2.06. The molecule has 0 bridgehead atoms. The van der Waals surface area contributed by atoms with Gasteiger partial charge in [0.2, 0.25) is 0 Å². The summed E-state index contributed by atoms with van der Waals surface area (Å²) in [6.07, 6.45) is 5.36. The summed E-state index contributed by atoms with van der Waals surface area (Å²) in [5.41, 5.74) is 2.44. The van der Waals surface area contributed by atoms with E-state index in [-0.39, 0.29) is 0 Å². The molecule has 0 spiro atoms. The first kappa shape index (κ1) is 11.2. The molecule has 0 amide bonds. The van der Waals surface area contributed by atoms with Gasteiger partial charge in [-0.3, -0.25) is 0 Å². The second-order valence-electron chi connectivity index (χ2n) is 4.16. The van der Waals surface area contributed by atoms with Crippen molar-refractivity contribution in [3.05, 3.63) is 32.9 Å². The Bertz CT molecular complexity index is 543. The lowest BCUT2D eigenvalue weighted by atomic mass is 10.3. The number of pyridine rings is 1. The lowest BCUT2D eigenvalue weighted by Crippen LogP contribution is -1.95. The number of aromatic nitrogens is 2. The van der Waals surface area contributed by atoms with E-state index in [0.29, 0.717) is 0 Å². The molecule has 1 N–H and O–H groups in total. The molecule has 0 aliphatic heterocycles. The highest BCUT2D eigenvalue weighted by atomic mass is 79.9. The number of hydrogen-bond acceptors (Lipinski definition) is 4. The quantitative estimate of drug-likeness (QED) is 0.916. The first-order chi connectivity index (χ1) is 8.24. The van der Waals surface area contributed by atoms with E-state index in [1.165, 1.54) is 29.0 Å². The molecule has 1 aliphatic carbocycles. The van der Waals surface area contributed by atoms with Crippen molar-refractivity contribution in [2.75, 3.05) is 5.32 Å². The number of anilines is 2. The summed E-state index contributed by atoms with van der Waals surface area (Å²) < 4.78 is 1.01. The zero-order chi connectivity index (χ0) is 11.8. The van der Waals surface area contributed by atoms with Gasteiger partial charge >= 0.3 is 0 Å². The summed E-state index contributed by atoms with van der Waals surface area (Å²) in [7, 11) is 0. The number of fused-ring (bicyclic) bond motifs is 1. The fourth-order valence-electron chi connectivity index (χ4n) is 1.97. The molecule has 0 fully saturated rings. The predicted octanol–water partition coefficient (Wildman–Crippen LogP) is 3.84. The van der Waals surface area contributed by atoms with Gasteiger partial charge in [-0.15, -0.1) is 11.3 Å². The zero-order valence-corrected chi connectivity index (χ0v) is 11.9. The van der Waals surface area contributed by atoms with E-state index < -0.39 is 0 Å². The Balaban J connectivity index is 1.89. The Morgan fingerprint density at radius 2 is 2.29 bits per heavy atom. The minimum absolute atomic E-state index is 0.845. The number of hydrogen-bond donors (Lipinski definition) is 1. The first-order valence-electron chi connectivity index (χ1n) is 5.61. The van der Waals surface area contributed by atoms with Crippen molar-refractivity contribution in [2.24, 2.45) is 0 Å². The van der Waals surface area contributed by atoms with Gasteiger partial charge in [-0.1, -0.05) is 0 Å². The normalized spacial score (nSPS) is 13.8. The highest BCUT2D eigenvalue weighted by Crippen LogP contribution is 2.33. The Kier molecular flexibility index (Phi) is 2.88. The van der Waals surface area contributed by atoms with Gasteiger partial charge in [0.25, 0.3) is 0 Å². The summed E-state index contributed by atoms with van der Waals surface area (Å²) in [6, 6.07) is 1.98. The third-order valence-electron chi connectivity index (χ3n) is 2.90. The van der Waals surface area contributed by atoms with E-state index in [2.05, 4.69) is 38.1 Å². The van der Waals surface area contributed by atoms with Gasteiger partial charge in [-0.05, 0) is 53.7 Å². The van der Waals surface area contributed by atoms with Gasteiger partial charge in [0.1, 0.15) is 5.82 Å². The van der Waals surface area contributed by atoms with Crippen LogP contribution in [0.5, 0.6) is 0 Å². The van der Waals surface area contributed by atoms with Crippen molar-refractivity contribution in [3.63, 3.8) is 0 Å². The number of nitrogens with one attached hydrogen (secondary N) is 1. The van der Waals surface area contributed by atoms with Crippen LogP contribution in [0.25, 0.3) is 0 Å². The number of thiazole rings is 1. The standard InChI is InChI=1S/C12H12BrN3S/c1-7-5-6-14-11(10(7)13)16-12-15-8-3-2-4-9(8)17-12/h5-6H,2-4H2,1H3,(H,14,15,16). The van der Waals surface area contributed by atoms with Gasteiger partial charge < -0.3 is 5.32 Å². The molecule has 0 unspecified atom stereocenters. The molecule has 5 heteroatoms. The Morgan fingerprint density at radius 1 is 1.41 bits per heavy atom. The third kappa shape index (κ3) is 2.09. The van der Waals surface area contributed by atoms with Crippen molar-refractivity contribution in [1.29, 1.82) is 0 Å². The second-order valence-corrected chi connectivity index (χ2v) is 6.03. The first-order valence-corrected chi connectivity index (χ1v) is 7.21. The molecule has 0 saturated carbocycles. The van der Waals surface area contributed by atoms with Crippen LogP contribution >= 0.6 is 27.3 Å². The van der Waals surface area contributed by atoms with E-state index in [0.717, 1.165) is 21.8 Å². The average molecular weight is 310 g/mol. The zero-order valence-electron chi connectivity index (χ0n) is 9.46. The summed E-state index contributed by atoms with van der Waals surface area (Å²) in [4.78, 5) is 10.4. The van der Waals surface area contributed by atoms with E-state index in [1.54, 1.807) is 11.3 Å². The molecule has 2 heterocycles. The second kappa shape index (κ2) is 4.38. The maximum atomic E-state index is 4.60. The topological polar surface area (TPSA) is 37.8 Å². The van der Waals surface area contributed by atoms with E-state index >= 15 is 0 Å². The molecule has 3 rings (SSSR count). The maximum Gasteiger partial charge on any atom is 0.188 e. The SMILES string of the molecule is Cc1ccnc(Nc2nc3c(s2)CCC3)c1Br. The number of aryl methyl sites for hydroxylation is 3. The largest absolute Gasteiger partial charge is 0.315 e. The van der Waals surface area contributed by atoms with Crippen LogP contribution in [-0.2, 0) is 12.8 Å². The van der Waals surface area contributed by atoms with Gasteiger partial charge in [0.05, 0.1) is 10.2 Å². The monoisotopic (exact) mass is 309 g/mol. The van der Waals surface area contributed by atoms with Gasteiger partial charge in [0, 0.05) is 11.1 Å². The smallest absolute Gasteiger partial charge is 0.188 e. The number of nitrogens with zero attached hydrogens (tertiary/aromatic N) is 2. The minimum Gasteiger partial charge on any atom is -0.315 e. The van der Waals surface area contributed by atoms with Crippen LogP contribution in [0.2, 0.25) is 0 Å². The third-order valence-corrected chi connectivity index (χ3v) is 4.98. The minimum atomic E-state index is 0.845. The molecule has 0 radical (unpaired) electrons. The number of rotatable bonds is 2. The van der Waals surface area contributed by atoms with Crippen LogP contribution in [0.4, 0.5) is 10.9 Å². The number of halogens is 1. The van der Waals surface area contributed by atoms with Crippen molar-refractivity contribution in [3.8, 4) is 0 Å². The predicted molar refractivity (Wildman–Crippen MR) is 74.1 cm³/mol. The molecule has 1 aliphatic rings. The Hall–Kier alpha value is -0.940. The molecule has 0 aromatic carbocycles. The van der Waals surface area contributed by atoms with Crippen molar-refractivity contribution in [2.45, 2.75) is 26.2 Å². The fourth-order valence-corrected chi connectivity index (χ4v) is 3.36. The molecule has 0 saturated heterocycles. The van der Waals surface area contributed by atoms with Crippen molar-refractivity contribution in [1.82, 2.24) is 9.97 Å². The highest BCUT2D eigenvalue weighted by Gasteiger charge is 2.17. The Morgan fingerprint density at radius 3 is 3.12 bits per heavy atom. The van der Waals surface area contributed by atoms with Crippen molar-refractivity contribution < 1.29 is 0 Å². The highest BCUT2D eigenvalue weighted by molar-refractivity contribution is 9.10. The van der Waals surface area contributed by atoms with E-state index in [4.69, 9.17) is 0 Å². The summed E-state index contributed by atoms with van der Waals surface area (Å²) in [5, 5.41) is 4.24. The molecule has 17 heavy (non-hydrogen) atoms. The van der Waals surface area contributed by atoms with E-state index in [1.807, 2.05) is 12.3 Å². The summed E-state index contributed by atoms with van der Waals surface area (Å²) in [6.45, 7) is 2.05. The van der Waals surface area contributed by atoms with Gasteiger partial charge in [-0.2, -0.15) is 0 Å². The van der Waals surface area contributed by atoms with Crippen molar-refractivity contribution >= 4 is 38.2 Å². The van der Waals surface area contributed by atoms with E-state index in [9.17, 15) is 0 Å². The molecule has 2 aromatic rings. The Labute approximate surface area is 112 Å². The maximum absolute atomic E-state index is 4.60. The van der Waals surface area contributed by atoms with Gasteiger partial charge in [-0.25, -0.2) is 9.97 Å². The average Bonchev–Trinajstić information content (AvgIpc) is 2.85. The van der Waals surface area contributed by atoms with Crippen LogP contribution in [-0.4, -0.2) is 9.97 Å². The molecule has 2 aromatic heterocycles. The van der Waals surface area contributed by atoms with Crippen LogP contribution in [0, 0.1) is 6.92 Å². The molecular formula is C12H12BrN3S. The fraction of sp³-hybridized carbons (Fsp3) is 0.333. The summed E-state index contributed by atoms with van der Waals surface area (Å²) >= 11 is 5.29. The van der Waals surface area contributed by atoms with Gasteiger partial charge in [0.15, 0.2) is 5.13 Å².